The van der Waals surface area contributed by atoms with Crippen LogP contribution in [0.15, 0.2) is 9.33 Å². The van der Waals surface area contributed by atoms with Crippen molar-refractivity contribution in [2.24, 2.45) is 12.0 Å². The topological polar surface area (TPSA) is 87.4 Å². The van der Waals surface area contributed by atoms with Crippen LogP contribution >= 0.6 is 11.3 Å². The van der Waals surface area contributed by atoms with E-state index in [0.29, 0.717) is 0 Å². The quantitative estimate of drug-likeness (QED) is 0.578. The van der Waals surface area contributed by atoms with Gasteiger partial charge in [0.2, 0.25) is 10.7 Å². The van der Waals surface area contributed by atoms with Gasteiger partial charge in [0, 0.05) is 25.1 Å². The first kappa shape index (κ1) is 10.2. The third-order valence-electron chi connectivity index (χ3n) is 1.08. The SMILES string of the molecule is CC(=O)N=c1sc(S(=O)[O-])nn1C. The normalized spacial score (nSPS) is 14.5. The zero-order valence-electron chi connectivity index (χ0n) is 6.88. The van der Waals surface area contributed by atoms with E-state index in [-0.39, 0.29) is 15.0 Å². The Bertz CT molecular complexity index is 419. The van der Waals surface area contributed by atoms with Gasteiger partial charge in [-0.25, -0.2) is 4.68 Å². The lowest BCUT2D eigenvalue weighted by atomic mass is 10.8. The van der Waals surface area contributed by atoms with E-state index in [0.717, 1.165) is 11.3 Å². The zero-order valence-corrected chi connectivity index (χ0v) is 8.52. The molecular formula is C5H6N3O3S2-. The number of aryl methyl sites for hydroxylation is 1. The van der Waals surface area contributed by atoms with Crippen LogP contribution in [0.5, 0.6) is 0 Å². The molecule has 0 saturated carbocycles. The van der Waals surface area contributed by atoms with E-state index in [1.165, 1.54) is 18.7 Å². The van der Waals surface area contributed by atoms with Crippen LogP contribution in [0.1, 0.15) is 6.92 Å². The Labute approximate surface area is 80.2 Å². The molecule has 0 N–H and O–H groups in total. The molecule has 0 fully saturated rings. The first-order chi connectivity index (χ1) is 6.00. The van der Waals surface area contributed by atoms with Gasteiger partial charge in [-0.15, -0.1) is 0 Å². The van der Waals surface area contributed by atoms with Crippen LogP contribution in [-0.2, 0) is 22.9 Å². The van der Waals surface area contributed by atoms with E-state index in [1.807, 2.05) is 0 Å². The summed E-state index contributed by atoms with van der Waals surface area (Å²) in [4.78, 5) is 14.4. The van der Waals surface area contributed by atoms with Gasteiger partial charge in [0.25, 0.3) is 0 Å². The summed E-state index contributed by atoms with van der Waals surface area (Å²) >= 11 is -1.52. The Morgan fingerprint density at radius 2 is 2.38 bits per heavy atom. The minimum Gasteiger partial charge on any atom is -0.767 e. The van der Waals surface area contributed by atoms with Gasteiger partial charge in [-0.2, -0.15) is 10.1 Å². The number of nitrogens with zero attached hydrogens (tertiary/aromatic N) is 3. The lowest BCUT2D eigenvalue weighted by Gasteiger charge is -1.94. The van der Waals surface area contributed by atoms with E-state index in [4.69, 9.17) is 0 Å². The van der Waals surface area contributed by atoms with Crippen LogP contribution in [0.3, 0.4) is 0 Å². The molecule has 6 nitrogen and oxygen atoms in total. The second-order valence-electron chi connectivity index (χ2n) is 2.14. The molecule has 1 aromatic heterocycles. The molecule has 13 heavy (non-hydrogen) atoms. The minimum atomic E-state index is -2.37. The lowest BCUT2D eigenvalue weighted by Crippen LogP contribution is -2.13. The third kappa shape index (κ3) is 2.54. The van der Waals surface area contributed by atoms with Gasteiger partial charge in [0.15, 0.2) is 4.34 Å². The van der Waals surface area contributed by atoms with Crippen molar-refractivity contribution in [3.63, 3.8) is 0 Å². The van der Waals surface area contributed by atoms with Gasteiger partial charge in [0.05, 0.1) is 0 Å². The molecule has 0 bridgehead atoms. The van der Waals surface area contributed by atoms with Crippen molar-refractivity contribution in [3.8, 4) is 0 Å². The summed E-state index contributed by atoms with van der Waals surface area (Å²) in [6.07, 6.45) is 0. The largest absolute Gasteiger partial charge is 0.767 e. The summed E-state index contributed by atoms with van der Waals surface area (Å²) in [6, 6.07) is 0. The van der Waals surface area contributed by atoms with Crippen molar-refractivity contribution in [1.29, 1.82) is 0 Å². The maximum atomic E-state index is 10.6. The zero-order chi connectivity index (χ0) is 10.0. The molecule has 1 unspecified atom stereocenters. The van der Waals surface area contributed by atoms with Gasteiger partial charge in [0.1, 0.15) is 0 Å². The smallest absolute Gasteiger partial charge is 0.245 e. The second-order valence-corrected chi connectivity index (χ2v) is 4.21. The third-order valence-corrected chi connectivity index (χ3v) is 2.90. The van der Waals surface area contributed by atoms with Crippen LogP contribution in [-0.4, -0.2) is 24.4 Å². The summed E-state index contributed by atoms with van der Waals surface area (Å²) in [5.41, 5.74) is 0. The molecule has 0 radical (unpaired) electrons. The molecule has 0 aliphatic carbocycles. The number of aromatic nitrogens is 2. The van der Waals surface area contributed by atoms with E-state index in [1.54, 1.807) is 0 Å². The molecule has 72 valence electrons. The summed E-state index contributed by atoms with van der Waals surface area (Å²) in [5.74, 6) is -0.387. The predicted octanol–water partition coefficient (Wildman–Crippen LogP) is -0.833. The Morgan fingerprint density at radius 1 is 1.77 bits per heavy atom. The molecule has 0 aromatic carbocycles. The molecule has 1 aromatic rings. The van der Waals surface area contributed by atoms with Crippen LogP contribution in [0.25, 0.3) is 0 Å². The number of hydrogen-bond donors (Lipinski definition) is 0. The van der Waals surface area contributed by atoms with Gasteiger partial charge in [-0.05, 0) is 0 Å². The van der Waals surface area contributed by atoms with Crippen molar-refractivity contribution < 1.29 is 13.6 Å². The highest BCUT2D eigenvalue weighted by Gasteiger charge is 2.01. The summed E-state index contributed by atoms with van der Waals surface area (Å²) in [7, 11) is 1.52. The van der Waals surface area contributed by atoms with Gasteiger partial charge in [-0.3, -0.25) is 9.00 Å². The fourth-order valence-electron chi connectivity index (χ4n) is 0.627. The molecule has 1 rings (SSSR count). The van der Waals surface area contributed by atoms with Crippen molar-refractivity contribution in [2.45, 2.75) is 11.3 Å². The standard InChI is InChI=1S/C5H7N3O3S2/c1-3(9)6-4-8(2)7-5(12-4)13(10)11/h1-2H3,(H,10,11)/p-1. The molecule has 1 heterocycles. The first-order valence-corrected chi connectivity index (χ1v) is 5.08. The van der Waals surface area contributed by atoms with Crippen molar-refractivity contribution in [1.82, 2.24) is 9.78 Å². The number of hydrogen-bond acceptors (Lipinski definition) is 5. The van der Waals surface area contributed by atoms with Crippen LogP contribution in [0, 0.1) is 0 Å². The van der Waals surface area contributed by atoms with Crippen LogP contribution in [0.2, 0.25) is 0 Å². The summed E-state index contributed by atoms with van der Waals surface area (Å²) in [5, 5.41) is 3.64. The second kappa shape index (κ2) is 3.90. The van der Waals surface area contributed by atoms with E-state index in [9.17, 15) is 13.6 Å². The first-order valence-electron chi connectivity index (χ1n) is 3.19. The molecule has 8 heteroatoms. The molecule has 0 spiro atoms. The van der Waals surface area contributed by atoms with Crippen LogP contribution in [0.4, 0.5) is 0 Å². The highest BCUT2D eigenvalue weighted by Crippen LogP contribution is 2.01. The monoisotopic (exact) mass is 220 g/mol. The summed E-state index contributed by atoms with van der Waals surface area (Å²) < 4.78 is 22.1. The molecule has 0 aliphatic rings. The number of amides is 1. The number of carbonyl (C=O) groups excluding carboxylic acids is 1. The molecule has 1 amide bonds. The predicted molar refractivity (Wildman–Crippen MR) is 44.5 cm³/mol. The average molecular weight is 220 g/mol. The van der Waals surface area contributed by atoms with Crippen molar-refractivity contribution >= 4 is 28.3 Å². The van der Waals surface area contributed by atoms with Gasteiger partial charge < -0.3 is 4.55 Å². The fraction of sp³-hybridized carbons (Fsp3) is 0.400. The molecule has 0 saturated heterocycles. The Hall–Kier alpha value is -0.860. The molecule has 1 atom stereocenters. The highest BCUT2D eigenvalue weighted by atomic mass is 32.2. The summed E-state index contributed by atoms with van der Waals surface area (Å²) in [6.45, 7) is 1.29. The Balaban J connectivity index is 3.25. The highest BCUT2D eigenvalue weighted by molar-refractivity contribution is 7.81. The Morgan fingerprint density at radius 3 is 2.77 bits per heavy atom. The molecule has 0 aliphatic heterocycles. The Kier molecular flexibility index (Phi) is 3.07. The maximum absolute atomic E-state index is 10.6. The van der Waals surface area contributed by atoms with Crippen molar-refractivity contribution in [2.75, 3.05) is 0 Å². The average Bonchev–Trinajstić information content (AvgIpc) is 2.31. The van der Waals surface area contributed by atoms with Gasteiger partial charge in [-0.1, -0.05) is 11.3 Å². The molecular weight excluding hydrogens is 214 g/mol. The number of carbonyl (C=O) groups is 1. The minimum absolute atomic E-state index is 0.0810. The van der Waals surface area contributed by atoms with Crippen molar-refractivity contribution in [3.05, 3.63) is 4.80 Å². The van der Waals surface area contributed by atoms with E-state index < -0.39 is 11.1 Å². The van der Waals surface area contributed by atoms with E-state index in [2.05, 4.69) is 10.1 Å². The van der Waals surface area contributed by atoms with E-state index >= 15 is 0 Å². The maximum Gasteiger partial charge on any atom is 0.245 e. The fourth-order valence-corrected chi connectivity index (χ4v) is 1.98. The van der Waals surface area contributed by atoms with Gasteiger partial charge >= 0.3 is 0 Å². The van der Waals surface area contributed by atoms with Crippen LogP contribution < -0.4 is 4.80 Å². The lowest BCUT2D eigenvalue weighted by molar-refractivity contribution is -0.116. The number of rotatable bonds is 1.